The fourth-order valence-corrected chi connectivity index (χ4v) is 6.83. The number of nitrogens with one attached hydrogen (secondary N) is 2. The van der Waals surface area contributed by atoms with E-state index in [9.17, 15) is 4.79 Å². The van der Waals surface area contributed by atoms with Crippen LogP contribution in [0.25, 0.3) is 0 Å². The van der Waals surface area contributed by atoms with Crippen LogP contribution in [0.15, 0.2) is 12.2 Å². The predicted octanol–water partition coefficient (Wildman–Crippen LogP) is 12.2. The van der Waals surface area contributed by atoms with Crippen LogP contribution in [0.5, 0.6) is 0 Å². The first-order valence-corrected chi connectivity index (χ1v) is 20.4. The second kappa shape index (κ2) is 31.3. The molecule has 4 heteroatoms. The number of hydrogen-bond acceptors (Lipinski definition) is 2. The van der Waals surface area contributed by atoms with Gasteiger partial charge in [0.05, 0.1) is 0 Å². The molecule has 0 fully saturated rings. The van der Waals surface area contributed by atoms with Crippen molar-refractivity contribution in [2.75, 3.05) is 13.1 Å². The normalized spacial score (nSPS) is 14.5. The number of carbonyl (C=O) groups is 1. The van der Waals surface area contributed by atoms with Gasteiger partial charge in [-0.05, 0) is 45.4 Å². The van der Waals surface area contributed by atoms with Gasteiger partial charge in [0.25, 0.3) is 0 Å². The Hall–Kier alpha value is -1.32. The Morgan fingerprint density at radius 1 is 0.622 bits per heavy atom. The van der Waals surface area contributed by atoms with E-state index in [4.69, 9.17) is 0 Å². The fourth-order valence-electron chi connectivity index (χ4n) is 6.83. The summed E-state index contributed by atoms with van der Waals surface area (Å²) in [5, 5.41) is 6.80. The van der Waals surface area contributed by atoms with Gasteiger partial charge < -0.3 is 5.32 Å². The molecule has 1 amide bonds. The van der Waals surface area contributed by atoms with Gasteiger partial charge in [-0.25, -0.2) is 4.58 Å². The van der Waals surface area contributed by atoms with Crippen LogP contribution in [0, 0.1) is 0 Å². The van der Waals surface area contributed by atoms with E-state index < -0.39 is 0 Å². The molecule has 0 spiro atoms. The lowest BCUT2D eigenvalue weighted by molar-refractivity contribution is -0.600. The lowest BCUT2D eigenvalue weighted by Crippen LogP contribution is -2.54. The number of amides is 1. The molecule has 1 heterocycles. The van der Waals surface area contributed by atoms with Crippen LogP contribution in [0.4, 0.5) is 0 Å². The Bertz CT molecular complexity index is 718. The molecule has 0 aliphatic carbocycles. The van der Waals surface area contributed by atoms with Crippen molar-refractivity contribution in [2.24, 2.45) is 0 Å². The summed E-state index contributed by atoms with van der Waals surface area (Å²) >= 11 is 0. The van der Waals surface area contributed by atoms with Crippen LogP contribution < -0.4 is 10.6 Å². The standard InChI is InChI=1S/C41H79N3O/c1-4-6-8-10-12-14-16-18-20-22-24-26-28-30-32-34-36-41(3,44-38-37-42-39-44)43-40(45)35-33-31-29-27-25-23-21-19-17-15-13-11-9-7-5-2/h19,21,39H,4-18,20,22-38H2,1-3H3,(H,43,45)/p+1. The van der Waals surface area contributed by atoms with E-state index in [1.807, 2.05) is 0 Å². The number of carbonyl (C=O) groups excluding carboxylic acids is 1. The monoisotopic (exact) mass is 631 g/mol. The first-order chi connectivity index (χ1) is 22.1. The van der Waals surface area contributed by atoms with Crippen LogP contribution in [-0.2, 0) is 4.79 Å². The van der Waals surface area contributed by atoms with E-state index >= 15 is 0 Å². The first-order valence-electron chi connectivity index (χ1n) is 20.4. The zero-order chi connectivity index (χ0) is 32.5. The minimum Gasteiger partial charge on any atom is -0.315 e. The van der Waals surface area contributed by atoms with Gasteiger partial charge in [-0.3, -0.25) is 10.1 Å². The highest BCUT2D eigenvalue weighted by Gasteiger charge is 2.35. The molecule has 264 valence electrons. The highest BCUT2D eigenvalue weighted by molar-refractivity contribution is 5.76. The molecule has 0 aromatic heterocycles. The van der Waals surface area contributed by atoms with Crippen LogP contribution >= 0.6 is 0 Å². The maximum Gasteiger partial charge on any atom is 0.234 e. The summed E-state index contributed by atoms with van der Waals surface area (Å²) in [4.78, 5) is 12.9. The van der Waals surface area contributed by atoms with Gasteiger partial charge in [-0.2, -0.15) is 0 Å². The first kappa shape index (κ1) is 41.7. The van der Waals surface area contributed by atoms with Crippen molar-refractivity contribution in [3.63, 3.8) is 0 Å². The topological polar surface area (TPSA) is 44.1 Å². The summed E-state index contributed by atoms with van der Waals surface area (Å²) in [6.07, 6.45) is 47.6. The van der Waals surface area contributed by atoms with Gasteiger partial charge in [-0.1, -0.05) is 174 Å². The van der Waals surface area contributed by atoms with Crippen molar-refractivity contribution in [1.82, 2.24) is 10.6 Å². The second-order valence-corrected chi connectivity index (χ2v) is 14.5. The van der Waals surface area contributed by atoms with E-state index in [2.05, 4.69) is 54.5 Å². The van der Waals surface area contributed by atoms with E-state index in [0.717, 1.165) is 25.9 Å². The molecular weight excluding hydrogens is 550 g/mol. The maximum absolute atomic E-state index is 12.9. The molecule has 0 radical (unpaired) electrons. The Balaban J connectivity index is 2.05. The van der Waals surface area contributed by atoms with E-state index in [0.29, 0.717) is 6.42 Å². The van der Waals surface area contributed by atoms with Crippen LogP contribution in [0.2, 0.25) is 0 Å². The predicted molar refractivity (Wildman–Crippen MR) is 199 cm³/mol. The van der Waals surface area contributed by atoms with Crippen LogP contribution in [0.1, 0.15) is 220 Å². The summed E-state index contributed by atoms with van der Waals surface area (Å²) in [7, 11) is 0. The van der Waals surface area contributed by atoms with Gasteiger partial charge in [-0.15, -0.1) is 0 Å². The summed E-state index contributed by atoms with van der Waals surface area (Å²) in [6.45, 7) is 8.76. The molecular formula is C41H80N3O+. The molecule has 4 nitrogen and oxygen atoms in total. The van der Waals surface area contributed by atoms with E-state index in [-0.39, 0.29) is 11.6 Å². The largest absolute Gasteiger partial charge is 0.315 e. The average Bonchev–Trinajstić information content (AvgIpc) is 3.59. The average molecular weight is 631 g/mol. The third-order valence-corrected chi connectivity index (χ3v) is 9.97. The van der Waals surface area contributed by atoms with Gasteiger partial charge >= 0.3 is 0 Å². The SMILES string of the molecule is CCCCCCCCC=CCCCCCCCC(=O)NC(C)(CCCCCCCCCCCCCCCCCC)[N+]1=CNCC1. The molecule has 2 N–H and O–H groups in total. The summed E-state index contributed by atoms with van der Waals surface area (Å²) in [5.74, 6) is 0.229. The molecule has 0 saturated carbocycles. The number of hydrogen-bond donors (Lipinski definition) is 2. The Kier molecular flexibility index (Phi) is 29.0. The van der Waals surface area contributed by atoms with Gasteiger partial charge in [0.2, 0.25) is 12.2 Å². The molecule has 1 unspecified atom stereocenters. The highest BCUT2D eigenvalue weighted by atomic mass is 16.1. The van der Waals surface area contributed by atoms with Crippen molar-refractivity contribution in [1.29, 1.82) is 0 Å². The third-order valence-electron chi connectivity index (χ3n) is 9.97. The van der Waals surface area contributed by atoms with Crippen molar-refractivity contribution in [3.8, 4) is 0 Å². The number of rotatable bonds is 34. The molecule has 0 aromatic carbocycles. The van der Waals surface area contributed by atoms with E-state index in [1.165, 1.54) is 180 Å². The van der Waals surface area contributed by atoms with Crippen molar-refractivity contribution in [3.05, 3.63) is 12.2 Å². The smallest absolute Gasteiger partial charge is 0.234 e. The highest BCUT2D eigenvalue weighted by Crippen LogP contribution is 2.20. The number of unbranched alkanes of at least 4 members (excludes halogenated alkanes) is 26. The Morgan fingerprint density at radius 3 is 1.44 bits per heavy atom. The fraction of sp³-hybridized carbons (Fsp3) is 0.902. The third kappa shape index (κ3) is 25.5. The van der Waals surface area contributed by atoms with Crippen molar-refractivity contribution >= 4 is 12.2 Å². The zero-order valence-electron chi connectivity index (χ0n) is 30.9. The molecule has 0 aromatic rings. The summed E-state index contributed by atoms with van der Waals surface area (Å²) in [6, 6.07) is 0. The van der Waals surface area contributed by atoms with Crippen LogP contribution in [-0.4, -0.2) is 35.6 Å². The molecule has 1 rings (SSSR count). The molecule has 1 aliphatic heterocycles. The summed E-state index contributed by atoms with van der Waals surface area (Å²) < 4.78 is 2.33. The molecule has 1 aliphatic rings. The van der Waals surface area contributed by atoms with Crippen molar-refractivity contribution in [2.45, 2.75) is 225 Å². The second-order valence-electron chi connectivity index (χ2n) is 14.5. The zero-order valence-corrected chi connectivity index (χ0v) is 30.9. The lowest BCUT2D eigenvalue weighted by Gasteiger charge is -2.30. The van der Waals surface area contributed by atoms with Crippen molar-refractivity contribution < 1.29 is 9.37 Å². The number of nitrogens with zero attached hydrogens (tertiary/aromatic N) is 1. The minimum atomic E-state index is -0.265. The Labute approximate surface area is 282 Å². The maximum atomic E-state index is 12.9. The van der Waals surface area contributed by atoms with Gasteiger partial charge in [0.1, 0.15) is 13.1 Å². The molecule has 0 bridgehead atoms. The number of allylic oxidation sites excluding steroid dienone is 2. The van der Waals surface area contributed by atoms with Gasteiger partial charge in [0, 0.05) is 12.8 Å². The minimum absolute atomic E-state index is 0.229. The van der Waals surface area contributed by atoms with Crippen LogP contribution in [0.3, 0.4) is 0 Å². The molecule has 1 atom stereocenters. The molecule has 45 heavy (non-hydrogen) atoms. The van der Waals surface area contributed by atoms with Gasteiger partial charge in [0.15, 0.2) is 5.66 Å². The lowest BCUT2D eigenvalue weighted by atomic mass is 9.99. The Morgan fingerprint density at radius 2 is 1.02 bits per heavy atom. The van der Waals surface area contributed by atoms with E-state index in [1.54, 1.807) is 0 Å². The quantitative estimate of drug-likeness (QED) is 0.0422. The summed E-state index contributed by atoms with van der Waals surface area (Å²) in [5.41, 5.74) is -0.265. The molecule has 0 saturated heterocycles.